The van der Waals surface area contributed by atoms with Crippen molar-refractivity contribution in [1.82, 2.24) is 10.6 Å². The van der Waals surface area contributed by atoms with Crippen molar-refractivity contribution in [2.45, 2.75) is 25.5 Å². The Hall–Kier alpha value is -1.92. The first kappa shape index (κ1) is 14.5. The number of carboxylic acid groups (broad SMARTS) is 1. The highest BCUT2D eigenvalue weighted by molar-refractivity contribution is 5.96. The molecule has 108 valence electrons. The Labute approximate surface area is 116 Å². The van der Waals surface area contributed by atoms with Crippen LogP contribution in [0.2, 0.25) is 0 Å². The Morgan fingerprint density at radius 2 is 2.20 bits per heavy atom. The molecule has 1 amide bonds. The van der Waals surface area contributed by atoms with Gasteiger partial charge < -0.3 is 20.8 Å². The lowest BCUT2D eigenvalue weighted by atomic mass is 9.95. The first-order valence-corrected chi connectivity index (χ1v) is 6.47. The van der Waals surface area contributed by atoms with Crippen molar-refractivity contribution in [3.8, 4) is 0 Å². The highest BCUT2D eigenvalue weighted by Gasteiger charge is 2.30. The number of carbonyl (C=O) groups is 2. The summed E-state index contributed by atoms with van der Waals surface area (Å²) in [7, 11) is 0. The molecule has 1 aromatic rings. The van der Waals surface area contributed by atoms with Crippen molar-refractivity contribution >= 4 is 11.9 Å². The lowest BCUT2D eigenvalue weighted by Crippen LogP contribution is -2.46. The number of nitrogens with one attached hydrogen (secondary N) is 2. The van der Waals surface area contributed by atoms with Gasteiger partial charge in [0.2, 0.25) is 0 Å². The van der Waals surface area contributed by atoms with Crippen LogP contribution in [0.1, 0.15) is 28.4 Å². The minimum absolute atomic E-state index is 0.330. The number of benzene rings is 1. The van der Waals surface area contributed by atoms with Crippen LogP contribution in [0.15, 0.2) is 18.2 Å². The molecule has 6 nitrogen and oxygen atoms in total. The summed E-state index contributed by atoms with van der Waals surface area (Å²) in [6.45, 7) is 2.36. The van der Waals surface area contributed by atoms with E-state index in [1.54, 1.807) is 12.1 Å². The second-order valence-corrected chi connectivity index (χ2v) is 5.13. The fourth-order valence-electron chi connectivity index (χ4n) is 2.17. The Kier molecular flexibility index (Phi) is 4.06. The summed E-state index contributed by atoms with van der Waals surface area (Å²) in [5.41, 5.74) is 0.643. The van der Waals surface area contributed by atoms with Crippen LogP contribution in [0.25, 0.3) is 0 Å². The lowest BCUT2D eigenvalue weighted by Gasteiger charge is -2.22. The van der Waals surface area contributed by atoms with E-state index in [1.165, 1.54) is 0 Å². The van der Waals surface area contributed by atoms with Crippen LogP contribution in [0.3, 0.4) is 0 Å². The fourth-order valence-corrected chi connectivity index (χ4v) is 2.17. The van der Waals surface area contributed by atoms with Crippen molar-refractivity contribution in [3.05, 3.63) is 34.9 Å². The molecule has 1 aromatic carbocycles. The quantitative estimate of drug-likeness (QED) is 0.616. The highest BCUT2D eigenvalue weighted by atomic mass is 16.4. The predicted octanol–water partition coefficient (Wildman–Crippen LogP) is -0.102. The molecule has 0 spiro atoms. The van der Waals surface area contributed by atoms with E-state index in [0.717, 1.165) is 37.6 Å². The minimum atomic E-state index is -1.97. The molecule has 6 heteroatoms. The van der Waals surface area contributed by atoms with Gasteiger partial charge in [-0.15, -0.1) is 0 Å². The van der Waals surface area contributed by atoms with Gasteiger partial charge in [0, 0.05) is 12.1 Å². The molecule has 1 heterocycles. The molecule has 0 fully saturated rings. The summed E-state index contributed by atoms with van der Waals surface area (Å²) in [5, 5.41) is 24.1. The normalized spacial score (nSPS) is 16.9. The molecule has 0 aliphatic carbocycles. The number of carboxylic acids is 1. The zero-order valence-corrected chi connectivity index (χ0v) is 11.3. The maximum atomic E-state index is 12.2. The average Bonchev–Trinajstić information content (AvgIpc) is 2.44. The molecule has 0 bridgehead atoms. The number of hydrogen-bond donors (Lipinski definition) is 4. The van der Waals surface area contributed by atoms with Crippen LogP contribution in [0, 0.1) is 0 Å². The molecule has 1 aliphatic heterocycles. The monoisotopic (exact) mass is 278 g/mol. The fraction of sp³-hybridized carbons (Fsp3) is 0.429. The highest BCUT2D eigenvalue weighted by Crippen LogP contribution is 2.18. The molecule has 1 unspecified atom stereocenters. The molecule has 1 aliphatic rings. The first-order chi connectivity index (χ1) is 9.42. The van der Waals surface area contributed by atoms with Gasteiger partial charge in [0.15, 0.2) is 5.60 Å². The van der Waals surface area contributed by atoms with Gasteiger partial charge in [-0.05, 0) is 37.1 Å². The second-order valence-electron chi connectivity index (χ2n) is 5.13. The van der Waals surface area contributed by atoms with Gasteiger partial charge in [-0.3, -0.25) is 4.79 Å². The maximum absolute atomic E-state index is 12.2. The van der Waals surface area contributed by atoms with Crippen LogP contribution in [-0.4, -0.2) is 40.8 Å². The van der Waals surface area contributed by atoms with Crippen LogP contribution in [0.4, 0.5) is 0 Å². The zero-order chi connectivity index (χ0) is 14.8. The summed E-state index contributed by atoms with van der Waals surface area (Å²) in [6, 6.07) is 5.48. The van der Waals surface area contributed by atoms with Crippen molar-refractivity contribution in [2.75, 3.05) is 13.1 Å². The number of hydrogen-bond acceptors (Lipinski definition) is 4. The number of aliphatic carboxylic acids is 1. The topological polar surface area (TPSA) is 98.7 Å². The van der Waals surface area contributed by atoms with E-state index in [2.05, 4.69) is 10.6 Å². The number of carbonyl (C=O) groups excluding carboxylic acids is 1. The van der Waals surface area contributed by atoms with Gasteiger partial charge in [-0.1, -0.05) is 12.1 Å². The number of aliphatic hydroxyl groups is 1. The van der Waals surface area contributed by atoms with E-state index >= 15 is 0 Å². The van der Waals surface area contributed by atoms with E-state index in [9.17, 15) is 14.7 Å². The Morgan fingerprint density at radius 3 is 2.90 bits per heavy atom. The van der Waals surface area contributed by atoms with Crippen molar-refractivity contribution < 1.29 is 19.8 Å². The first-order valence-electron chi connectivity index (χ1n) is 6.47. The van der Waals surface area contributed by atoms with E-state index < -0.39 is 11.6 Å². The summed E-state index contributed by atoms with van der Waals surface area (Å²) in [6.07, 6.45) is 0.758. The summed E-state index contributed by atoms with van der Waals surface area (Å²) in [4.78, 5) is 22.9. The van der Waals surface area contributed by atoms with E-state index in [-0.39, 0.29) is 12.5 Å². The van der Waals surface area contributed by atoms with Crippen LogP contribution in [-0.2, 0) is 17.8 Å². The SMILES string of the molecule is CC(O)(CNC(=O)c1cccc2c1CCNC2)C(=O)O. The molecule has 4 N–H and O–H groups in total. The number of amides is 1. The zero-order valence-electron chi connectivity index (χ0n) is 11.3. The molecule has 0 radical (unpaired) electrons. The third-order valence-electron chi connectivity index (χ3n) is 3.44. The van der Waals surface area contributed by atoms with E-state index in [0.29, 0.717) is 5.56 Å². The van der Waals surface area contributed by atoms with Gasteiger partial charge in [0.05, 0.1) is 6.54 Å². The van der Waals surface area contributed by atoms with E-state index in [4.69, 9.17) is 5.11 Å². The number of rotatable bonds is 4. The van der Waals surface area contributed by atoms with Gasteiger partial charge in [-0.2, -0.15) is 0 Å². The molecule has 20 heavy (non-hydrogen) atoms. The van der Waals surface area contributed by atoms with Gasteiger partial charge >= 0.3 is 5.97 Å². The average molecular weight is 278 g/mol. The van der Waals surface area contributed by atoms with Crippen LogP contribution < -0.4 is 10.6 Å². The second kappa shape index (κ2) is 5.60. The molecular weight excluding hydrogens is 260 g/mol. The van der Waals surface area contributed by atoms with Crippen molar-refractivity contribution in [3.63, 3.8) is 0 Å². The van der Waals surface area contributed by atoms with Crippen molar-refractivity contribution in [2.24, 2.45) is 0 Å². The van der Waals surface area contributed by atoms with Crippen molar-refractivity contribution in [1.29, 1.82) is 0 Å². The Balaban J connectivity index is 2.12. The third-order valence-corrected chi connectivity index (χ3v) is 3.44. The molecular formula is C14H18N2O4. The van der Waals surface area contributed by atoms with Gasteiger partial charge in [0.1, 0.15) is 0 Å². The molecule has 0 saturated heterocycles. The molecule has 1 atom stereocenters. The molecule has 0 saturated carbocycles. The minimum Gasteiger partial charge on any atom is -0.479 e. The standard InChI is InChI=1S/C14H18N2O4/c1-14(20,13(18)19)8-16-12(17)11-4-2-3-9-7-15-6-5-10(9)11/h2-4,15,20H,5-8H2,1H3,(H,16,17)(H,18,19). The summed E-state index contributed by atoms with van der Waals surface area (Å²) in [5.74, 6) is -1.72. The van der Waals surface area contributed by atoms with E-state index in [1.807, 2.05) is 6.07 Å². The maximum Gasteiger partial charge on any atom is 0.337 e. The van der Waals surface area contributed by atoms with Gasteiger partial charge in [0.25, 0.3) is 5.91 Å². The largest absolute Gasteiger partial charge is 0.479 e. The molecule has 2 rings (SSSR count). The van der Waals surface area contributed by atoms with Gasteiger partial charge in [-0.25, -0.2) is 4.79 Å². The van der Waals surface area contributed by atoms with Crippen LogP contribution >= 0.6 is 0 Å². The summed E-state index contributed by atoms with van der Waals surface area (Å²) < 4.78 is 0. The smallest absolute Gasteiger partial charge is 0.337 e. The summed E-state index contributed by atoms with van der Waals surface area (Å²) >= 11 is 0. The van der Waals surface area contributed by atoms with Crippen LogP contribution in [0.5, 0.6) is 0 Å². The third kappa shape index (κ3) is 2.97. The Morgan fingerprint density at radius 1 is 1.45 bits per heavy atom. The Bertz CT molecular complexity index is 540. The predicted molar refractivity (Wildman–Crippen MR) is 72.4 cm³/mol. The lowest BCUT2D eigenvalue weighted by molar-refractivity contribution is -0.155. The molecule has 0 aromatic heterocycles. The number of fused-ring (bicyclic) bond motifs is 1.